The van der Waals surface area contributed by atoms with Crippen LogP contribution in [-0.4, -0.2) is 29.5 Å². The van der Waals surface area contributed by atoms with Gasteiger partial charge in [0.2, 0.25) is 0 Å². The summed E-state index contributed by atoms with van der Waals surface area (Å²) in [4.78, 5) is 0. The molecule has 3 nitrogen and oxygen atoms in total. The normalized spacial score (nSPS) is 25.1. The van der Waals surface area contributed by atoms with Crippen molar-refractivity contribution in [2.45, 2.75) is 71.6 Å². The lowest BCUT2D eigenvalue weighted by molar-refractivity contribution is 0.00578. The molecular formula is C12H25BO3. The van der Waals surface area contributed by atoms with Crippen LogP contribution in [0.1, 0.15) is 48.0 Å². The zero-order valence-corrected chi connectivity index (χ0v) is 11.4. The summed E-state index contributed by atoms with van der Waals surface area (Å²) in [7, 11) is -0.279. The molecule has 1 fully saturated rings. The summed E-state index contributed by atoms with van der Waals surface area (Å²) in [5.74, 6) is 0.498. The second kappa shape index (κ2) is 4.67. The second-order valence-electron chi connectivity index (χ2n) is 6.20. The molecule has 1 aliphatic heterocycles. The van der Waals surface area contributed by atoms with Crippen LogP contribution in [0, 0.1) is 5.92 Å². The minimum atomic E-state index is -0.338. The quantitative estimate of drug-likeness (QED) is 0.751. The van der Waals surface area contributed by atoms with Gasteiger partial charge in [-0.3, -0.25) is 0 Å². The smallest absolute Gasteiger partial charge is 0.403 e. The van der Waals surface area contributed by atoms with Gasteiger partial charge in [0.1, 0.15) is 0 Å². The van der Waals surface area contributed by atoms with E-state index in [1.807, 2.05) is 27.7 Å². The third-order valence-electron chi connectivity index (χ3n) is 3.51. The molecule has 0 radical (unpaired) electrons. The third-order valence-corrected chi connectivity index (χ3v) is 3.51. The molecule has 1 aliphatic rings. The van der Waals surface area contributed by atoms with Gasteiger partial charge in [0.15, 0.2) is 0 Å². The Morgan fingerprint density at radius 1 is 1.06 bits per heavy atom. The van der Waals surface area contributed by atoms with Crippen molar-refractivity contribution >= 4 is 7.12 Å². The van der Waals surface area contributed by atoms with Crippen molar-refractivity contribution in [3.8, 4) is 0 Å². The van der Waals surface area contributed by atoms with Crippen LogP contribution in [0.2, 0.25) is 6.32 Å². The molecule has 4 heteroatoms. The van der Waals surface area contributed by atoms with Gasteiger partial charge in [0.25, 0.3) is 0 Å². The Labute approximate surface area is 99.7 Å². The highest BCUT2D eigenvalue weighted by atomic mass is 16.7. The average molecular weight is 228 g/mol. The Kier molecular flexibility index (Phi) is 4.09. The summed E-state index contributed by atoms with van der Waals surface area (Å²) in [5.41, 5.74) is -0.593. The lowest BCUT2D eigenvalue weighted by atomic mass is 9.79. The number of hydrogen-bond acceptors (Lipinski definition) is 3. The van der Waals surface area contributed by atoms with Gasteiger partial charge in [-0.1, -0.05) is 13.8 Å². The predicted octanol–water partition coefficient (Wildman–Crippen LogP) is 2.49. The first kappa shape index (κ1) is 14.0. The molecule has 0 amide bonds. The number of rotatable bonds is 4. The van der Waals surface area contributed by atoms with Gasteiger partial charge in [-0.05, 0) is 40.0 Å². The molecule has 1 saturated heterocycles. The van der Waals surface area contributed by atoms with Crippen molar-refractivity contribution in [2.24, 2.45) is 5.92 Å². The third kappa shape index (κ3) is 3.22. The van der Waals surface area contributed by atoms with Gasteiger partial charge in [0, 0.05) is 6.32 Å². The molecule has 0 saturated carbocycles. The molecule has 0 bridgehead atoms. The molecule has 16 heavy (non-hydrogen) atoms. The summed E-state index contributed by atoms with van der Waals surface area (Å²) in [6.07, 6.45) is 1.02. The van der Waals surface area contributed by atoms with Crippen LogP contribution in [0.15, 0.2) is 0 Å². The lowest BCUT2D eigenvalue weighted by Crippen LogP contribution is -2.41. The Balaban J connectivity index is 2.48. The van der Waals surface area contributed by atoms with E-state index in [4.69, 9.17) is 9.31 Å². The average Bonchev–Trinajstić information content (AvgIpc) is 2.16. The Hall–Kier alpha value is -0.0551. The van der Waals surface area contributed by atoms with Crippen LogP contribution >= 0.6 is 0 Å². The van der Waals surface area contributed by atoms with E-state index in [2.05, 4.69) is 13.8 Å². The first-order valence-electron chi connectivity index (χ1n) is 6.18. The van der Waals surface area contributed by atoms with E-state index in [-0.39, 0.29) is 24.4 Å². The van der Waals surface area contributed by atoms with Gasteiger partial charge >= 0.3 is 7.12 Å². The molecule has 1 atom stereocenters. The molecule has 0 aromatic carbocycles. The molecule has 0 spiro atoms. The van der Waals surface area contributed by atoms with Crippen LogP contribution in [0.25, 0.3) is 0 Å². The monoisotopic (exact) mass is 228 g/mol. The summed E-state index contributed by atoms with van der Waals surface area (Å²) in [6, 6.07) is 0. The zero-order chi connectivity index (χ0) is 12.6. The molecule has 1 rings (SSSR count). The first-order valence-corrected chi connectivity index (χ1v) is 6.18. The van der Waals surface area contributed by atoms with E-state index in [1.165, 1.54) is 0 Å². The molecule has 94 valence electrons. The topological polar surface area (TPSA) is 38.7 Å². The molecular weight excluding hydrogens is 203 g/mol. The fourth-order valence-corrected chi connectivity index (χ4v) is 1.92. The van der Waals surface area contributed by atoms with Gasteiger partial charge < -0.3 is 14.4 Å². The lowest BCUT2D eigenvalue weighted by Gasteiger charge is -2.32. The molecule has 0 aromatic rings. The van der Waals surface area contributed by atoms with Crippen molar-refractivity contribution in [2.75, 3.05) is 0 Å². The van der Waals surface area contributed by atoms with Gasteiger partial charge in [-0.2, -0.15) is 0 Å². The number of aliphatic hydroxyl groups is 1. The van der Waals surface area contributed by atoms with Crippen molar-refractivity contribution in [3.05, 3.63) is 0 Å². The van der Waals surface area contributed by atoms with Crippen molar-refractivity contribution in [1.29, 1.82) is 0 Å². The van der Waals surface area contributed by atoms with E-state index in [0.29, 0.717) is 12.2 Å². The Bertz CT molecular complexity index is 222. The highest BCUT2D eigenvalue weighted by Gasteiger charge is 2.51. The van der Waals surface area contributed by atoms with E-state index >= 15 is 0 Å². The second-order valence-corrected chi connectivity index (χ2v) is 6.20. The van der Waals surface area contributed by atoms with E-state index in [9.17, 15) is 5.11 Å². The van der Waals surface area contributed by atoms with E-state index in [1.54, 1.807) is 0 Å². The maximum atomic E-state index is 9.86. The molecule has 0 aliphatic carbocycles. The zero-order valence-electron chi connectivity index (χ0n) is 11.4. The summed E-state index contributed by atoms with van der Waals surface area (Å²) in [5, 5.41) is 9.86. The highest BCUT2D eigenvalue weighted by Crippen LogP contribution is 2.38. The van der Waals surface area contributed by atoms with E-state index in [0.717, 1.165) is 6.42 Å². The van der Waals surface area contributed by atoms with Crippen LogP contribution in [0.4, 0.5) is 0 Å². The van der Waals surface area contributed by atoms with Gasteiger partial charge in [0.05, 0.1) is 17.3 Å². The summed E-state index contributed by atoms with van der Waals surface area (Å²) < 4.78 is 11.7. The summed E-state index contributed by atoms with van der Waals surface area (Å²) in [6.45, 7) is 12.3. The maximum Gasteiger partial charge on any atom is 0.460 e. The van der Waals surface area contributed by atoms with Crippen LogP contribution in [0.5, 0.6) is 0 Å². The van der Waals surface area contributed by atoms with E-state index < -0.39 is 0 Å². The largest absolute Gasteiger partial charge is 0.460 e. The first-order chi connectivity index (χ1) is 7.14. The predicted molar refractivity (Wildman–Crippen MR) is 66.4 cm³/mol. The van der Waals surface area contributed by atoms with Gasteiger partial charge in [-0.15, -0.1) is 0 Å². The van der Waals surface area contributed by atoms with Crippen LogP contribution in [-0.2, 0) is 9.31 Å². The SMILES string of the molecule is CC(C)CC(O)CB1OC(C)(C)C(C)(C)O1. The Morgan fingerprint density at radius 3 is 1.88 bits per heavy atom. The molecule has 0 aromatic heterocycles. The fourth-order valence-electron chi connectivity index (χ4n) is 1.92. The molecule has 1 unspecified atom stereocenters. The van der Waals surface area contributed by atoms with Crippen LogP contribution in [0.3, 0.4) is 0 Å². The van der Waals surface area contributed by atoms with Gasteiger partial charge in [-0.25, -0.2) is 0 Å². The maximum absolute atomic E-state index is 9.86. The summed E-state index contributed by atoms with van der Waals surface area (Å²) >= 11 is 0. The number of hydrogen-bond donors (Lipinski definition) is 1. The fraction of sp³-hybridized carbons (Fsp3) is 1.00. The Morgan fingerprint density at radius 2 is 1.50 bits per heavy atom. The van der Waals surface area contributed by atoms with Crippen molar-refractivity contribution in [3.63, 3.8) is 0 Å². The minimum Gasteiger partial charge on any atom is -0.403 e. The standard InChI is InChI=1S/C12H25BO3/c1-9(2)7-10(14)8-13-15-11(3,4)12(5,6)16-13/h9-10,14H,7-8H2,1-6H3. The minimum absolute atomic E-state index is 0.279. The molecule has 1 N–H and O–H groups in total. The van der Waals surface area contributed by atoms with Crippen molar-refractivity contribution < 1.29 is 14.4 Å². The highest BCUT2D eigenvalue weighted by molar-refractivity contribution is 6.45. The molecule has 1 heterocycles. The van der Waals surface area contributed by atoms with Crippen LogP contribution < -0.4 is 0 Å². The van der Waals surface area contributed by atoms with Crippen molar-refractivity contribution in [1.82, 2.24) is 0 Å². The number of aliphatic hydroxyl groups excluding tert-OH is 1.